The molecule has 4 nitrogen and oxygen atoms in total. The molecule has 4 N–H and O–H groups in total. The second-order valence-electron chi connectivity index (χ2n) is 6.59. The fraction of sp³-hybridized carbons (Fsp3) is 0.562. The highest BCUT2D eigenvalue weighted by Gasteiger charge is 2.24. The standard InChI is InChI=1S/C16H24N2O2/c1-16(2,3)14-12(17)8-10(9-13(14)18)15(19)20-11-6-4-5-7-11/h8-9,11H,4-7,17-18H2,1-3H3. The second kappa shape index (κ2) is 5.35. The third-order valence-electron chi connectivity index (χ3n) is 3.76. The number of hydrogen-bond acceptors (Lipinski definition) is 4. The predicted molar refractivity (Wildman–Crippen MR) is 81.6 cm³/mol. The van der Waals surface area contributed by atoms with E-state index in [1.165, 1.54) is 0 Å². The monoisotopic (exact) mass is 276 g/mol. The Balaban J connectivity index is 2.23. The van der Waals surface area contributed by atoms with Crippen LogP contribution in [0.5, 0.6) is 0 Å². The summed E-state index contributed by atoms with van der Waals surface area (Å²) >= 11 is 0. The number of anilines is 2. The molecule has 1 saturated carbocycles. The van der Waals surface area contributed by atoms with Gasteiger partial charge in [0.25, 0.3) is 0 Å². The van der Waals surface area contributed by atoms with Crippen LogP contribution in [0.2, 0.25) is 0 Å². The van der Waals surface area contributed by atoms with Crippen molar-refractivity contribution in [3.05, 3.63) is 23.3 Å². The number of nitrogens with two attached hydrogens (primary N) is 2. The van der Waals surface area contributed by atoms with E-state index in [4.69, 9.17) is 16.2 Å². The molecule has 2 rings (SSSR count). The van der Waals surface area contributed by atoms with E-state index in [9.17, 15) is 4.79 Å². The van der Waals surface area contributed by atoms with Gasteiger partial charge in [-0.2, -0.15) is 0 Å². The van der Waals surface area contributed by atoms with E-state index in [-0.39, 0.29) is 17.5 Å². The summed E-state index contributed by atoms with van der Waals surface area (Å²) in [4.78, 5) is 12.1. The van der Waals surface area contributed by atoms with E-state index in [2.05, 4.69) is 0 Å². The zero-order valence-corrected chi connectivity index (χ0v) is 12.5. The molecular weight excluding hydrogens is 252 g/mol. The van der Waals surface area contributed by atoms with Gasteiger partial charge in [0, 0.05) is 16.9 Å². The van der Waals surface area contributed by atoms with Crippen molar-refractivity contribution in [1.29, 1.82) is 0 Å². The molecule has 110 valence electrons. The van der Waals surface area contributed by atoms with Gasteiger partial charge in [0.15, 0.2) is 0 Å². The first-order chi connectivity index (χ1) is 9.29. The summed E-state index contributed by atoms with van der Waals surface area (Å²) in [5.41, 5.74) is 14.4. The van der Waals surface area contributed by atoms with Crippen LogP contribution in [0.4, 0.5) is 11.4 Å². The molecular formula is C16H24N2O2. The summed E-state index contributed by atoms with van der Waals surface area (Å²) in [7, 11) is 0. The van der Waals surface area contributed by atoms with Crippen LogP contribution in [0.25, 0.3) is 0 Å². The molecule has 1 aliphatic carbocycles. The summed E-state index contributed by atoms with van der Waals surface area (Å²) in [6.07, 6.45) is 4.22. The third-order valence-corrected chi connectivity index (χ3v) is 3.76. The normalized spacial score (nSPS) is 16.4. The molecule has 1 aromatic carbocycles. The van der Waals surface area contributed by atoms with E-state index in [1.54, 1.807) is 12.1 Å². The molecule has 0 heterocycles. The van der Waals surface area contributed by atoms with Crippen molar-refractivity contribution in [2.75, 3.05) is 11.5 Å². The minimum absolute atomic E-state index is 0.0484. The Morgan fingerprint density at radius 3 is 2.10 bits per heavy atom. The fourth-order valence-electron chi connectivity index (χ4n) is 2.90. The van der Waals surface area contributed by atoms with Crippen LogP contribution in [0.3, 0.4) is 0 Å². The predicted octanol–water partition coefficient (Wildman–Crippen LogP) is 3.25. The van der Waals surface area contributed by atoms with Crippen LogP contribution in [0, 0.1) is 0 Å². The van der Waals surface area contributed by atoms with Crippen molar-refractivity contribution in [2.45, 2.75) is 58.0 Å². The van der Waals surface area contributed by atoms with Gasteiger partial charge in [0.1, 0.15) is 6.10 Å². The molecule has 0 aliphatic heterocycles. The highest BCUT2D eigenvalue weighted by atomic mass is 16.5. The van der Waals surface area contributed by atoms with Crippen LogP contribution < -0.4 is 11.5 Å². The van der Waals surface area contributed by atoms with Gasteiger partial charge in [-0.1, -0.05) is 20.8 Å². The SMILES string of the molecule is CC(C)(C)c1c(N)cc(C(=O)OC2CCCC2)cc1N. The summed E-state index contributed by atoms with van der Waals surface area (Å²) in [5.74, 6) is -0.323. The molecule has 0 atom stereocenters. The lowest BCUT2D eigenvalue weighted by Crippen LogP contribution is -2.19. The Bertz CT molecular complexity index is 489. The lowest BCUT2D eigenvalue weighted by Gasteiger charge is -2.24. The topological polar surface area (TPSA) is 78.3 Å². The summed E-state index contributed by atoms with van der Waals surface area (Å²) < 4.78 is 5.48. The van der Waals surface area contributed by atoms with E-state index >= 15 is 0 Å². The van der Waals surface area contributed by atoms with Gasteiger partial charge in [-0.05, 0) is 43.2 Å². The van der Waals surface area contributed by atoms with Crippen molar-refractivity contribution in [1.82, 2.24) is 0 Å². The quantitative estimate of drug-likeness (QED) is 0.642. The van der Waals surface area contributed by atoms with E-state index in [1.807, 2.05) is 20.8 Å². The van der Waals surface area contributed by atoms with Gasteiger partial charge in [0.2, 0.25) is 0 Å². The number of hydrogen-bond donors (Lipinski definition) is 2. The van der Waals surface area contributed by atoms with E-state index < -0.39 is 0 Å². The number of ether oxygens (including phenoxy) is 1. The Labute approximate surface area is 120 Å². The number of rotatable bonds is 2. The van der Waals surface area contributed by atoms with Gasteiger partial charge in [-0.3, -0.25) is 0 Å². The van der Waals surface area contributed by atoms with Crippen molar-refractivity contribution in [3.63, 3.8) is 0 Å². The molecule has 1 aromatic rings. The second-order valence-corrected chi connectivity index (χ2v) is 6.59. The first-order valence-electron chi connectivity index (χ1n) is 7.19. The Kier molecular flexibility index (Phi) is 3.93. The van der Waals surface area contributed by atoms with Crippen LogP contribution in [-0.4, -0.2) is 12.1 Å². The van der Waals surface area contributed by atoms with Crippen LogP contribution >= 0.6 is 0 Å². The maximum Gasteiger partial charge on any atom is 0.338 e. The van der Waals surface area contributed by atoms with Crippen molar-refractivity contribution in [2.24, 2.45) is 0 Å². The Morgan fingerprint density at radius 2 is 1.65 bits per heavy atom. The average Bonchev–Trinajstić information content (AvgIpc) is 2.78. The molecule has 0 unspecified atom stereocenters. The first kappa shape index (κ1) is 14.7. The smallest absolute Gasteiger partial charge is 0.338 e. The van der Waals surface area contributed by atoms with Crippen LogP contribution in [0.1, 0.15) is 62.4 Å². The number of nitrogen functional groups attached to an aromatic ring is 2. The molecule has 0 spiro atoms. The largest absolute Gasteiger partial charge is 0.459 e. The van der Waals surface area contributed by atoms with E-state index in [0.29, 0.717) is 16.9 Å². The number of carbonyl (C=O) groups excluding carboxylic acids is 1. The van der Waals surface area contributed by atoms with Crippen molar-refractivity contribution in [3.8, 4) is 0 Å². The van der Waals surface area contributed by atoms with Crippen LogP contribution in [-0.2, 0) is 10.2 Å². The lowest BCUT2D eigenvalue weighted by atomic mass is 9.84. The molecule has 1 aliphatic rings. The fourth-order valence-corrected chi connectivity index (χ4v) is 2.90. The molecule has 0 saturated heterocycles. The highest BCUT2D eigenvalue weighted by molar-refractivity contribution is 5.92. The summed E-state index contributed by atoms with van der Waals surface area (Å²) in [5, 5.41) is 0. The molecule has 0 aromatic heterocycles. The number of carbonyl (C=O) groups is 1. The maximum absolute atomic E-state index is 12.1. The number of benzene rings is 1. The molecule has 0 bridgehead atoms. The van der Waals surface area contributed by atoms with Crippen molar-refractivity contribution < 1.29 is 9.53 Å². The summed E-state index contributed by atoms with van der Waals surface area (Å²) in [6, 6.07) is 3.35. The molecule has 1 fully saturated rings. The lowest BCUT2D eigenvalue weighted by molar-refractivity contribution is 0.0318. The zero-order valence-electron chi connectivity index (χ0n) is 12.5. The molecule has 4 heteroatoms. The first-order valence-corrected chi connectivity index (χ1v) is 7.19. The van der Waals surface area contributed by atoms with Gasteiger partial charge >= 0.3 is 5.97 Å². The van der Waals surface area contributed by atoms with Gasteiger partial charge in [-0.15, -0.1) is 0 Å². The molecule has 0 amide bonds. The minimum atomic E-state index is -0.323. The van der Waals surface area contributed by atoms with Crippen LogP contribution in [0.15, 0.2) is 12.1 Å². The minimum Gasteiger partial charge on any atom is -0.459 e. The van der Waals surface area contributed by atoms with Gasteiger partial charge < -0.3 is 16.2 Å². The zero-order chi connectivity index (χ0) is 14.9. The molecule has 0 radical (unpaired) electrons. The third kappa shape index (κ3) is 3.06. The summed E-state index contributed by atoms with van der Waals surface area (Å²) in [6.45, 7) is 6.14. The van der Waals surface area contributed by atoms with Crippen molar-refractivity contribution >= 4 is 17.3 Å². The van der Waals surface area contributed by atoms with Gasteiger partial charge in [0.05, 0.1) is 5.56 Å². The highest BCUT2D eigenvalue weighted by Crippen LogP contribution is 2.34. The van der Waals surface area contributed by atoms with E-state index in [0.717, 1.165) is 31.2 Å². The Hall–Kier alpha value is -1.71. The maximum atomic E-state index is 12.1. The van der Waals surface area contributed by atoms with Gasteiger partial charge in [-0.25, -0.2) is 4.79 Å². The Morgan fingerprint density at radius 1 is 1.15 bits per heavy atom. The average molecular weight is 276 g/mol. The number of esters is 1. The molecule has 20 heavy (non-hydrogen) atoms.